The Labute approximate surface area is 224 Å². The predicted molar refractivity (Wildman–Crippen MR) is 147 cm³/mol. The van der Waals surface area contributed by atoms with Gasteiger partial charge in [-0.1, -0.05) is 62.2 Å². The van der Waals surface area contributed by atoms with Crippen molar-refractivity contribution in [2.24, 2.45) is 0 Å². The Morgan fingerprint density at radius 2 is 1.61 bits per heavy atom. The summed E-state index contributed by atoms with van der Waals surface area (Å²) in [7, 11) is -3.79. The van der Waals surface area contributed by atoms with Crippen LogP contribution in [0.15, 0.2) is 42.5 Å². The largest absolute Gasteiger partial charge is 0.352 e. The average molecular weight is 557 g/mol. The Bertz CT molecular complexity index is 1170. The molecule has 7 nitrogen and oxygen atoms in total. The highest BCUT2D eigenvalue weighted by Gasteiger charge is 2.31. The molecule has 2 rings (SSSR count). The third kappa shape index (κ3) is 8.11. The van der Waals surface area contributed by atoms with Crippen LogP contribution in [0.2, 0.25) is 10.0 Å². The number of nitrogens with zero attached hydrogens (tertiary/aromatic N) is 2. The molecule has 0 radical (unpaired) electrons. The highest BCUT2D eigenvalue weighted by atomic mass is 35.5. The van der Waals surface area contributed by atoms with E-state index in [0.717, 1.165) is 22.5 Å². The fourth-order valence-corrected chi connectivity index (χ4v) is 4.84. The van der Waals surface area contributed by atoms with Crippen molar-refractivity contribution in [3.8, 4) is 0 Å². The minimum Gasteiger partial charge on any atom is -0.352 e. The van der Waals surface area contributed by atoms with Crippen LogP contribution < -0.4 is 9.62 Å². The molecule has 0 fully saturated rings. The number of hydrogen-bond acceptors (Lipinski definition) is 4. The molecule has 0 bridgehead atoms. The maximum absolute atomic E-state index is 13.6. The molecule has 0 spiro atoms. The van der Waals surface area contributed by atoms with Crippen LogP contribution in [-0.4, -0.2) is 50.0 Å². The maximum atomic E-state index is 13.6. The predicted octanol–water partition coefficient (Wildman–Crippen LogP) is 5.21. The lowest BCUT2D eigenvalue weighted by atomic mass is 10.0. The summed E-state index contributed by atoms with van der Waals surface area (Å²) in [6.45, 7) is 9.05. The Morgan fingerprint density at radius 3 is 2.11 bits per heavy atom. The van der Waals surface area contributed by atoms with Crippen LogP contribution in [0, 0.1) is 0 Å². The Balaban J connectivity index is 2.42. The lowest BCUT2D eigenvalue weighted by Gasteiger charge is -2.32. The molecule has 0 aliphatic carbocycles. The number of halogens is 2. The van der Waals surface area contributed by atoms with E-state index >= 15 is 0 Å². The number of carbonyl (C=O) groups is 2. The minimum atomic E-state index is -3.79. The molecule has 2 aromatic rings. The van der Waals surface area contributed by atoms with E-state index < -0.39 is 28.5 Å². The van der Waals surface area contributed by atoms with E-state index in [-0.39, 0.29) is 24.4 Å². The monoisotopic (exact) mass is 555 g/mol. The van der Waals surface area contributed by atoms with Crippen LogP contribution >= 0.6 is 23.2 Å². The molecule has 36 heavy (non-hydrogen) atoms. The normalized spacial score (nSPS) is 13.2. The summed E-state index contributed by atoms with van der Waals surface area (Å²) in [4.78, 5) is 27.9. The molecule has 0 aliphatic heterocycles. The van der Waals surface area contributed by atoms with Gasteiger partial charge >= 0.3 is 0 Å². The molecule has 198 valence electrons. The SMILES string of the molecule is CCC(C)NC(=O)C(C)N(Cc1ccc(Cl)cc1Cl)C(=O)CN(c1ccc(C(C)C)cc1)S(C)(=O)=O. The zero-order valence-electron chi connectivity index (χ0n) is 21.6. The number of sulfonamides is 1. The lowest BCUT2D eigenvalue weighted by molar-refractivity contribution is -0.139. The first-order valence-electron chi connectivity index (χ1n) is 11.9. The van der Waals surface area contributed by atoms with E-state index in [2.05, 4.69) is 5.32 Å². The number of anilines is 1. The molecule has 0 heterocycles. The molecule has 2 unspecified atom stereocenters. The van der Waals surface area contributed by atoms with Crippen LogP contribution in [0.1, 0.15) is 58.1 Å². The van der Waals surface area contributed by atoms with Gasteiger partial charge in [0.1, 0.15) is 12.6 Å². The average Bonchev–Trinajstić information content (AvgIpc) is 2.80. The van der Waals surface area contributed by atoms with Gasteiger partial charge in [-0.15, -0.1) is 0 Å². The van der Waals surface area contributed by atoms with Crippen molar-refractivity contribution < 1.29 is 18.0 Å². The van der Waals surface area contributed by atoms with Crippen molar-refractivity contribution in [3.63, 3.8) is 0 Å². The van der Waals surface area contributed by atoms with E-state index in [9.17, 15) is 18.0 Å². The van der Waals surface area contributed by atoms with E-state index in [1.807, 2.05) is 39.8 Å². The second kappa shape index (κ2) is 12.8. The lowest BCUT2D eigenvalue weighted by Crippen LogP contribution is -2.52. The molecule has 1 N–H and O–H groups in total. The Hall–Kier alpha value is -2.29. The van der Waals surface area contributed by atoms with Gasteiger partial charge < -0.3 is 10.2 Å². The van der Waals surface area contributed by atoms with Crippen molar-refractivity contribution in [2.45, 2.75) is 65.6 Å². The molecule has 0 saturated carbocycles. The van der Waals surface area contributed by atoms with Crippen molar-refractivity contribution in [3.05, 3.63) is 63.6 Å². The summed E-state index contributed by atoms with van der Waals surface area (Å²) in [5, 5.41) is 3.68. The summed E-state index contributed by atoms with van der Waals surface area (Å²) < 4.78 is 26.4. The van der Waals surface area contributed by atoms with Gasteiger partial charge in [0.2, 0.25) is 21.8 Å². The van der Waals surface area contributed by atoms with E-state index in [1.54, 1.807) is 37.3 Å². The number of hydrogen-bond donors (Lipinski definition) is 1. The summed E-state index contributed by atoms with van der Waals surface area (Å²) in [5.74, 6) is -0.599. The highest BCUT2D eigenvalue weighted by Crippen LogP contribution is 2.25. The Kier molecular flexibility index (Phi) is 10.6. The molecule has 0 saturated heterocycles. The Morgan fingerprint density at radius 1 is 1.00 bits per heavy atom. The first-order chi connectivity index (χ1) is 16.7. The third-order valence-electron chi connectivity index (χ3n) is 6.05. The van der Waals surface area contributed by atoms with E-state index in [0.29, 0.717) is 21.3 Å². The summed E-state index contributed by atoms with van der Waals surface area (Å²) in [5.41, 5.74) is 2.01. The van der Waals surface area contributed by atoms with Gasteiger partial charge in [-0.25, -0.2) is 8.42 Å². The van der Waals surface area contributed by atoms with Gasteiger partial charge in [-0.2, -0.15) is 0 Å². The second-order valence-electron chi connectivity index (χ2n) is 9.27. The molecule has 0 aromatic heterocycles. The number of nitrogens with one attached hydrogen (secondary N) is 1. The molecular formula is C26H35Cl2N3O4S. The molecular weight excluding hydrogens is 521 g/mol. The van der Waals surface area contributed by atoms with Gasteiger partial charge in [0.25, 0.3) is 0 Å². The summed E-state index contributed by atoms with van der Waals surface area (Å²) in [6, 6.07) is 11.0. The zero-order chi connectivity index (χ0) is 27.2. The summed E-state index contributed by atoms with van der Waals surface area (Å²) >= 11 is 12.4. The van der Waals surface area contributed by atoms with Crippen molar-refractivity contribution >= 4 is 50.7 Å². The fraction of sp³-hybridized carbons (Fsp3) is 0.462. The van der Waals surface area contributed by atoms with Crippen LogP contribution in [0.4, 0.5) is 5.69 Å². The fourth-order valence-electron chi connectivity index (χ4n) is 3.52. The van der Waals surface area contributed by atoms with Crippen LogP contribution in [0.3, 0.4) is 0 Å². The number of amides is 2. The van der Waals surface area contributed by atoms with Gasteiger partial charge in [-0.05, 0) is 61.6 Å². The quantitative estimate of drug-likeness (QED) is 0.412. The van der Waals surface area contributed by atoms with Crippen molar-refractivity contribution in [2.75, 3.05) is 17.1 Å². The number of benzene rings is 2. The standard InChI is InChI=1S/C26H35Cl2N3O4S/c1-7-18(4)29-26(33)19(5)30(15-21-8-11-22(27)14-24(21)28)25(32)16-31(36(6,34)35)23-12-9-20(10-13-23)17(2)3/h8-14,17-19H,7,15-16H2,1-6H3,(H,29,33). The first-order valence-corrected chi connectivity index (χ1v) is 14.5. The smallest absolute Gasteiger partial charge is 0.244 e. The van der Waals surface area contributed by atoms with Crippen LogP contribution in [0.5, 0.6) is 0 Å². The molecule has 2 aromatic carbocycles. The minimum absolute atomic E-state index is 0.00776. The molecule has 10 heteroatoms. The van der Waals surface area contributed by atoms with Crippen molar-refractivity contribution in [1.29, 1.82) is 0 Å². The van der Waals surface area contributed by atoms with E-state index in [1.165, 1.54) is 4.90 Å². The second-order valence-corrected chi connectivity index (χ2v) is 12.0. The molecule has 2 atom stereocenters. The van der Waals surface area contributed by atoms with Crippen LogP contribution in [0.25, 0.3) is 0 Å². The zero-order valence-corrected chi connectivity index (χ0v) is 23.9. The van der Waals surface area contributed by atoms with Crippen LogP contribution in [-0.2, 0) is 26.2 Å². The molecule has 2 amide bonds. The highest BCUT2D eigenvalue weighted by molar-refractivity contribution is 7.92. The number of rotatable bonds is 11. The van der Waals surface area contributed by atoms with Gasteiger partial charge in [0.05, 0.1) is 11.9 Å². The maximum Gasteiger partial charge on any atom is 0.244 e. The van der Waals surface area contributed by atoms with Gasteiger partial charge in [0.15, 0.2) is 0 Å². The summed E-state index contributed by atoms with van der Waals surface area (Å²) in [6.07, 6.45) is 1.78. The van der Waals surface area contributed by atoms with Gasteiger partial charge in [-0.3, -0.25) is 13.9 Å². The van der Waals surface area contributed by atoms with Crippen molar-refractivity contribution in [1.82, 2.24) is 10.2 Å². The van der Waals surface area contributed by atoms with Gasteiger partial charge in [0, 0.05) is 22.6 Å². The topological polar surface area (TPSA) is 86.8 Å². The van der Waals surface area contributed by atoms with E-state index in [4.69, 9.17) is 23.2 Å². The molecule has 0 aliphatic rings. The first kappa shape index (κ1) is 29.9. The third-order valence-corrected chi connectivity index (χ3v) is 7.78. The number of carbonyl (C=O) groups excluding carboxylic acids is 2.